The SMILES string of the molecule is COc1cccc(-c2nc(C(=O)N(C)CC3CCCC3O)c(C)[nH]2)c1. The van der Waals surface area contributed by atoms with Gasteiger partial charge in [0.15, 0.2) is 0 Å². The van der Waals surface area contributed by atoms with Gasteiger partial charge >= 0.3 is 0 Å². The maximum absolute atomic E-state index is 12.8. The smallest absolute Gasteiger partial charge is 0.274 e. The molecule has 2 atom stereocenters. The summed E-state index contributed by atoms with van der Waals surface area (Å²) in [6.45, 7) is 2.41. The lowest BCUT2D eigenvalue weighted by molar-refractivity contribution is 0.0688. The second kappa shape index (κ2) is 7.27. The fourth-order valence-electron chi connectivity index (χ4n) is 3.42. The van der Waals surface area contributed by atoms with Crippen molar-refractivity contribution in [2.75, 3.05) is 20.7 Å². The van der Waals surface area contributed by atoms with E-state index in [0.29, 0.717) is 18.1 Å². The summed E-state index contributed by atoms with van der Waals surface area (Å²) in [4.78, 5) is 22.1. The number of carbonyl (C=O) groups is 1. The number of hydrogen-bond acceptors (Lipinski definition) is 4. The molecule has 0 saturated heterocycles. The number of imidazole rings is 1. The van der Waals surface area contributed by atoms with E-state index in [1.165, 1.54) is 0 Å². The predicted octanol–water partition coefficient (Wildman–Crippen LogP) is 2.63. The number of aromatic amines is 1. The van der Waals surface area contributed by atoms with Crippen molar-refractivity contribution in [2.45, 2.75) is 32.3 Å². The molecular formula is C19H25N3O3. The van der Waals surface area contributed by atoms with Crippen LogP contribution in [0.4, 0.5) is 0 Å². The van der Waals surface area contributed by atoms with Crippen LogP contribution in [0.25, 0.3) is 11.4 Å². The molecule has 1 fully saturated rings. The van der Waals surface area contributed by atoms with Crippen LogP contribution in [0.2, 0.25) is 0 Å². The topological polar surface area (TPSA) is 78.4 Å². The molecule has 0 aliphatic heterocycles. The maximum Gasteiger partial charge on any atom is 0.274 e. The van der Waals surface area contributed by atoms with E-state index >= 15 is 0 Å². The lowest BCUT2D eigenvalue weighted by Gasteiger charge is -2.22. The van der Waals surface area contributed by atoms with E-state index in [4.69, 9.17) is 4.74 Å². The molecule has 6 nitrogen and oxygen atoms in total. The van der Waals surface area contributed by atoms with Crippen molar-refractivity contribution in [3.8, 4) is 17.1 Å². The first-order valence-corrected chi connectivity index (χ1v) is 8.64. The Morgan fingerprint density at radius 2 is 2.24 bits per heavy atom. The van der Waals surface area contributed by atoms with E-state index in [9.17, 15) is 9.90 Å². The number of nitrogens with zero attached hydrogens (tertiary/aromatic N) is 2. The normalized spacial score (nSPS) is 19.8. The minimum atomic E-state index is -0.303. The van der Waals surface area contributed by atoms with Gasteiger partial charge in [0.1, 0.15) is 17.3 Å². The number of carbonyl (C=O) groups excluding carboxylic acids is 1. The van der Waals surface area contributed by atoms with Gasteiger partial charge < -0.3 is 19.7 Å². The fraction of sp³-hybridized carbons (Fsp3) is 0.474. The van der Waals surface area contributed by atoms with Crippen molar-refractivity contribution >= 4 is 5.91 Å². The Morgan fingerprint density at radius 1 is 1.44 bits per heavy atom. The summed E-state index contributed by atoms with van der Waals surface area (Å²) in [7, 11) is 3.39. The van der Waals surface area contributed by atoms with E-state index in [-0.39, 0.29) is 17.9 Å². The van der Waals surface area contributed by atoms with Crippen LogP contribution in [0.15, 0.2) is 24.3 Å². The van der Waals surface area contributed by atoms with Crippen molar-refractivity contribution in [3.05, 3.63) is 35.7 Å². The molecule has 0 spiro atoms. The van der Waals surface area contributed by atoms with Crippen LogP contribution in [0, 0.1) is 12.8 Å². The third kappa shape index (κ3) is 3.69. The zero-order chi connectivity index (χ0) is 18.0. The third-order valence-corrected chi connectivity index (χ3v) is 4.90. The molecule has 1 amide bonds. The largest absolute Gasteiger partial charge is 0.497 e. The minimum absolute atomic E-state index is 0.123. The van der Waals surface area contributed by atoms with Gasteiger partial charge in [-0.1, -0.05) is 18.6 Å². The summed E-state index contributed by atoms with van der Waals surface area (Å²) in [6, 6.07) is 7.56. The van der Waals surface area contributed by atoms with Gasteiger partial charge in [-0.15, -0.1) is 0 Å². The molecule has 1 aliphatic carbocycles. The van der Waals surface area contributed by atoms with Gasteiger partial charge in [-0.3, -0.25) is 4.79 Å². The summed E-state index contributed by atoms with van der Waals surface area (Å²) in [5.41, 5.74) is 2.03. The third-order valence-electron chi connectivity index (χ3n) is 4.90. The fourth-order valence-corrected chi connectivity index (χ4v) is 3.42. The summed E-state index contributed by atoms with van der Waals surface area (Å²) >= 11 is 0. The van der Waals surface area contributed by atoms with Crippen molar-refractivity contribution in [1.29, 1.82) is 0 Å². The highest BCUT2D eigenvalue weighted by molar-refractivity contribution is 5.94. The van der Waals surface area contributed by atoms with Crippen molar-refractivity contribution in [3.63, 3.8) is 0 Å². The van der Waals surface area contributed by atoms with Crippen molar-refractivity contribution in [1.82, 2.24) is 14.9 Å². The first kappa shape index (κ1) is 17.5. The molecule has 2 unspecified atom stereocenters. The molecule has 1 heterocycles. The first-order chi connectivity index (χ1) is 12.0. The lowest BCUT2D eigenvalue weighted by atomic mass is 10.1. The molecule has 6 heteroatoms. The highest BCUT2D eigenvalue weighted by Gasteiger charge is 2.29. The molecule has 0 radical (unpaired) electrons. The molecule has 1 aliphatic rings. The zero-order valence-corrected chi connectivity index (χ0v) is 15.0. The summed E-state index contributed by atoms with van der Waals surface area (Å²) in [5.74, 6) is 1.42. The molecule has 2 N–H and O–H groups in total. The van der Waals surface area contributed by atoms with E-state index in [2.05, 4.69) is 9.97 Å². The maximum atomic E-state index is 12.8. The second-order valence-corrected chi connectivity index (χ2v) is 6.73. The van der Waals surface area contributed by atoms with Crippen molar-refractivity contribution < 1.29 is 14.6 Å². The van der Waals surface area contributed by atoms with Crippen LogP contribution < -0.4 is 4.74 Å². The summed E-state index contributed by atoms with van der Waals surface area (Å²) in [6.07, 6.45) is 2.51. The van der Waals surface area contributed by atoms with Crippen LogP contribution >= 0.6 is 0 Å². The number of benzene rings is 1. The molecule has 1 aromatic carbocycles. The summed E-state index contributed by atoms with van der Waals surface area (Å²) in [5, 5.41) is 9.98. The molecule has 0 bridgehead atoms. The molecular weight excluding hydrogens is 318 g/mol. The van der Waals surface area contributed by atoms with Gasteiger partial charge in [0.25, 0.3) is 5.91 Å². The van der Waals surface area contributed by atoms with E-state index in [1.54, 1.807) is 19.1 Å². The zero-order valence-electron chi connectivity index (χ0n) is 15.0. The molecule has 2 aromatic rings. The molecule has 134 valence electrons. The molecule has 25 heavy (non-hydrogen) atoms. The number of aliphatic hydroxyl groups is 1. The van der Waals surface area contributed by atoms with Gasteiger partial charge in [0.05, 0.1) is 13.2 Å². The second-order valence-electron chi connectivity index (χ2n) is 6.73. The molecule has 1 aromatic heterocycles. The Hall–Kier alpha value is -2.34. The highest BCUT2D eigenvalue weighted by atomic mass is 16.5. The predicted molar refractivity (Wildman–Crippen MR) is 95.6 cm³/mol. The Kier molecular flexibility index (Phi) is 5.08. The van der Waals surface area contributed by atoms with Crippen LogP contribution in [-0.2, 0) is 0 Å². The highest BCUT2D eigenvalue weighted by Crippen LogP contribution is 2.27. The van der Waals surface area contributed by atoms with E-state index in [0.717, 1.165) is 36.3 Å². The minimum Gasteiger partial charge on any atom is -0.497 e. The Bertz CT molecular complexity index is 756. The Morgan fingerprint density at radius 3 is 2.92 bits per heavy atom. The number of aromatic nitrogens is 2. The number of hydrogen-bond donors (Lipinski definition) is 2. The average Bonchev–Trinajstić information content (AvgIpc) is 3.20. The number of ether oxygens (including phenoxy) is 1. The van der Waals surface area contributed by atoms with Gasteiger partial charge in [-0.2, -0.15) is 0 Å². The number of amides is 1. The average molecular weight is 343 g/mol. The van der Waals surface area contributed by atoms with Gasteiger partial charge in [-0.25, -0.2) is 4.98 Å². The first-order valence-electron chi connectivity index (χ1n) is 8.64. The van der Waals surface area contributed by atoms with Crippen LogP contribution in [0.3, 0.4) is 0 Å². The van der Waals surface area contributed by atoms with Gasteiger partial charge in [0, 0.05) is 30.8 Å². The number of methoxy groups -OCH3 is 1. The number of nitrogens with one attached hydrogen (secondary N) is 1. The van der Waals surface area contributed by atoms with Gasteiger partial charge in [-0.05, 0) is 31.9 Å². The number of aliphatic hydroxyl groups excluding tert-OH is 1. The van der Waals surface area contributed by atoms with Gasteiger partial charge in [0.2, 0.25) is 0 Å². The van der Waals surface area contributed by atoms with Crippen molar-refractivity contribution in [2.24, 2.45) is 5.92 Å². The molecule has 1 saturated carbocycles. The number of H-pyrrole nitrogens is 1. The lowest BCUT2D eigenvalue weighted by Crippen LogP contribution is -2.35. The van der Waals surface area contributed by atoms with Crippen LogP contribution in [-0.4, -0.2) is 52.7 Å². The quantitative estimate of drug-likeness (QED) is 0.875. The standard InChI is InChI=1S/C19H25N3O3/c1-12-17(19(24)22(2)11-14-7-5-9-16(14)23)21-18(20-12)13-6-4-8-15(10-13)25-3/h4,6,8,10,14,16,23H,5,7,9,11H2,1-3H3,(H,20,21). The van der Waals surface area contributed by atoms with Crippen LogP contribution in [0.1, 0.15) is 35.4 Å². The van der Waals surface area contributed by atoms with E-state index in [1.807, 2.05) is 31.2 Å². The van der Waals surface area contributed by atoms with E-state index < -0.39 is 0 Å². The number of aryl methyl sites for hydroxylation is 1. The Labute approximate surface area is 147 Å². The summed E-state index contributed by atoms with van der Waals surface area (Å²) < 4.78 is 5.24. The monoisotopic (exact) mass is 343 g/mol. The van der Waals surface area contributed by atoms with Crippen LogP contribution in [0.5, 0.6) is 5.75 Å². The number of rotatable bonds is 5. The molecule has 3 rings (SSSR count). The Balaban J connectivity index is 1.78.